The molecule has 0 aromatic heterocycles. The molecule has 0 unspecified atom stereocenters. The molecule has 6 heteroatoms. The van der Waals surface area contributed by atoms with E-state index in [0.717, 1.165) is 5.56 Å². The van der Waals surface area contributed by atoms with Gasteiger partial charge in [0.25, 0.3) is 0 Å². The van der Waals surface area contributed by atoms with Gasteiger partial charge in [-0.2, -0.15) is 4.72 Å². The van der Waals surface area contributed by atoms with E-state index in [2.05, 4.69) is 4.72 Å². The van der Waals surface area contributed by atoms with Gasteiger partial charge in [-0.3, -0.25) is 4.79 Å². The maximum absolute atomic E-state index is 12.1. The number of esters is 1. The standard InChI is InChI=1S/C14H21NO4S/c1-10-7-6-8-12(9-10)20(17,18)15-11(2)13(16)19-14(3,4)5/h6-9,11,15H,1-5H3/t11-/m0/s1. The fourth-order valence-corrected chi connectivity index (χ4v) is 2.82. The van der Waals surface area contributed by atoms with E-state index in [1.54, 1.807) is 45.9 Å². The lowest BCUT2D eigenvalue weighted by molar-refractivity contribution is -0.156. The number of carbonyl (C=O) groups is 1. The van der Waals surface area contributed by atoms with Crippen LogP contribution >= 0.6 is 0 Å². The van der Waals surface area contributed by atoms with Crippen molar-refractivity contribution in [2.45, 2.75) is 51.2 Å². The smallest absolute Gasteiger partial charge is 0.324 e. The molecule has 20 heavy (non-hydrogen) atoms. The Bertz CT molecular complexity index is 587. The number of rotatable bonds is 4. The predicted octanol–water partition coefficient (Wildman–Crippen LogP) is 2.00. The van der Waals surface area contributed by atoms with Crippen LogP contribution in [0.3, 0.4) is 0 Å². The Morgan fingerprint density at radius 2 is 1.90 bits per heavy atom. The van der Waals surface area contributed by atoms with Gasteiger partial charge in [-0.1, -0.05) is 12.1 Å². The number of benzene rings is 1. The Kier molecular flexibility index (Phi) is 4.94. The maximum Gasteiger partial charge on any atom is 0.324 e. The summed E-state index contributed by atoms with van der Waals surface area (Å²) in [6.45, 7) is 8.45. The fourth-order valence-electron chi connectivity index (χ4n) is 1.52. The molecule has 1 aromatic rings. The molecule has 0 aliphatic heterocycles. The lowest BCUT2D eigenvalue weighted by atomic mass is 10.2. The lowest BCUT2D eigenvalue weighted by Gasteiger charge is -2.22. The fraction of sp³-hybridized carbons (Fsp3) is 0.500. The summed E-state index contributed by atoms with van der Waals surface area (Å²) >= 11 is 0. The van der Waals surface area contributed by atoms with Crippen LogP contribution in [0, 0.1) is 6.92 Å². The summed E-state index contributed by atoms with van der Waals surface area (Å²) in [5.41, 5.74) is 0.179. The third kappa shape index (κ3) is 4.94. The van der Waals surface area contributed by atoms with Gasteiger partial charge in [-0.25, -0.2) is 8.42 Å². The summed E-state index contributed by atoms with van der Waals surface area (Å²) in [4.78, 5) is 11.9. The molecule has 1 N–H and O–H groups in total. The van der Waals surface area contributed by atoms with Crippen molar-refractivity contribution in [1.82, 2.24) is 4.72 Å². The largest absolute Gasteiger partial charge is 0.459 e. The zero-order chi connectivity index (χ0) is 15.6. The molecule has 5 nitrogen and oxygen atoms in total. The number of hydrogen-bond donors (Lipinski definition) is 1. The highest BCUT2D eigenvalue weighted by atomic mass is 32.2. The minimum Gasteiger partial charge on any atom is -0.459 e. The van der Waals surface area contributed by atoms with Crippen molar-refractivity contribution in [3.8, 4) is 0 Å². The molecule has 112 valence electrons. The second kappa shape index (κ2) is 5.93. The molecule has 0 saturated heterocycles. The zero-order valence-corrected chi connectivity index (χ0v) is 13.2. The van der Waals surface area contributed by atoms with E-state index in [-0.39, 0.29) is 4.90 Å². The predicted molar refractivity (Wildman–Crippen MR) is 76.8 cm³/mol. The van der Waals surface area contributed by atoms with Crippen LogP contribution in [0.1, 0.15) is 33.3 Å². The van der Waals surface area contributed by atoms with Gasteiger partial charge in [-0.15, -0.1) is 0 Å². The number of carbonyl (C=O) groups excluding carboxylic acids is 1. The first-order valence-electron chi connectivity index (χ1n) is 6.33. The Labute approximate surface area is 120 Å². The molecule has 0 spiro atoms. The van der Waals surface area contributed by atoms with Gasteiger partial charge < -0.3 is 4.74 Å². The molecule has 0 fully saturated rings. The van der Waals surface area contributed by atoms with Crippen molar-refractivity contribution >= 4 is 16.0 Å². The molecule has 1 rings (SSSR count). The zero-order valence-electron chi connectivity index (χ0n) is 12.4. The third-order valence-electron chi connectivity index (χ3n) is 2.39. The van der Waals surface area contributed by atoms with E-state index in [0.29, 0.717) is 0 Å². The number of aryl methyl sites for hydroxylation is 1. The first-order chi connectivity index (χ1) is 9.01. The number of sulfonamides is 1. The van der Waals surface area contributed by atoms with E-state index in [9.17, 15) is 13.2 Å². The summed E-state index contributed by atoms with van der Waals surface area (Å²) in [6.07, 6.45) is 0. The monoisotopic (exact) mass is 299 g/mol. The molecule has 0 bridgehead atoms. The molecule has 1 aromatic carbocycles. The minimum absolute atomic E-state index is 0.132. The van der Waals surface area contributed by atoms with Crippen LogP contribution in [0.25, 0.3) is 0 Å². The van der Waals surface area contributed by atoms with Gasteiger partial charge in [0.15, 0.2) is 0 Å². The molecule has 0 saturated carbocycles. The summed E-state index contributed by atoms with van der Waals surface area (Å²) in [7, 11) is -3.73. The van der Waals surface area contributed by atoms with Gasteiger partial charge in [0, 0.05) is 0 Å². The Morgan fingerprint density at radius 1 is 1.30 bits per heavy atom. The highest BCUT2D eigenvalue weighted by Gasteiger charge is 2.26. The number of hydrogen-bond acceptors (Lipinski definition) is 4. The summed E-state index contributed by atoms with van der Waals surface area (Å²) in [6, 6.07) is 5.54. The van der Waals surface area contributed by atoms with Crippen molar-refractivity contribution in [1.29, 1.82) is 0 Å². The van der Waals surface area contributed by atoms with Crippen molar-refractivity contribution < 1.29 is 17.9 Å². The van der Waals surface area contributed by atoms with Crippen molar-refractivity contribution in [3.05, 3.63) is 29.8 Å². The third-order valence-corrected chi connectivity index (χ3v) is 3.93. The van der Waals surface area contributed by atoms with Crippen LogP contribution in [-0.2, 0) is 19.6 Å². The highest BCUT2D eigenvalue weighted by molar-refractivity contribution is 7.89. The lowest BCUT2D eigenvalue weighted by Crippen LogP contribution is -2.42. The van der Waals surface area contributed by atoms with Crippen LogP contribution in [-0.4, -0.2) is 26.0 Å². The Morgan fingerprint density at radius 3 is 2.40 bits per heavy atom. The molecule has 0 aliphatic rings. The van der Waals surface area contributed by atoms with Crippen LogP contribution in [0.2, 0.25) is 0 Å². The molecule has 0 amide bonds. The first kappa shape index (κ1) is 16.7. The average Bonchev–Trinajstić information content (AvgIpc) is 2.26. The summed E-state index contributed by atoms with van der Waals surface area (Å²) in [5.74, 6) is -0.603. The van der Waals surface area contributed by atoms with Gasteiger partial charge in [-0.05, 0) is 52.3 Å². The van der Waals surface area contributed by atoms with Gasteiger partial charge in [0.1, 0.15) is 11.6 Å². The Hall–Kier alpha value is -1.40. The van der Waals surface area contributed by atoms with Crippen molar-refractivity contribution in [2.75, 3.05) is 0 Å². The van der Waals surface area contributed by atoms with Crippen LogP contribution in [0.4, 0.5) is 0 Å². The highest BCUT2D eigenvalue weighted by Crippen LogP contribution is 2.13. The Balaban J connectivity index is 2.84. The van der Waals surface area contributed by atoms with Crippen LogP contribution in [0.15, 0.2) is 29.2 Å². The van der Waals surface area contributed by atoms with Gasteiger partial charge >= 0.3 is 5.97 Å². The molecule has 0 radical (unpaired) electrons. The van der Waals surface area contributed by atoms with Gasteiger partial charge in [0.2, 0.25) is 10.0 Å². The van der Waals surface area contributed by atoms with Gasteiger partial charge in [0.05, 0.1) is 4.90 Å². The quantitative estimate of drug-likeness (QED) is 0.863. The van der Waals surface area contributed by atoms with E-state index >= 15 is 0 Å². The number of ether oxygens (including phenoxy) is 1. The summed E-state index contributed by atoms with van der Waals surface area (Å²) < 4.78 is 31.8. The SMILES string of the molecule is Cc1cccc(S(=O)(=O)N[C@@H](C)C(=O)OC(C)(C)C)c1. The topological polar surface area (TPSA) is 72.5 Å². The summed E-state index contributed by atoms with van der Waals surface area (Å²) in [5, 5.41) is 0. The molecule has 0 heterocycles. The molecular weight excluding hydrogens is 278 g/mol. The van der Waals surface area contributed by atoms with Crippen LogP contribution in [0.5, 0.6) is 0 Å². The van der Waals surface area contributed by atoms with E-state index in [4.69, 9.17) is 4.74 Å². The van der Waals surface area contributed by atoms with E-state index in [1.807, 2.05) is 0 Å². The van der Waals surface area contributed by atoms with Crippen molar-refractivity contribution in [2.24, 2.45) is 0 Å². The number of nitrogens with one attached hydrogen (secondary N) is 1. The van der Waals surface area contributed by atoms with Crippen molar-refractivity contribution in [3.63, 3.8) is 0 Å². The second-order valence-corrected chi connectivity index (χ2v) is 7.41. The molecular formula is C14H21NO4S. The second-order valence-electron chi connectivity index (χ2n) is 5.69. The van der Waals surface area contributed by atoms with Crippen LogP contribution < -0.4 is 4.72 Å². The average molecular weight is 299 g/mol. The first-order valence-corrected chi connectivity index (χ1v) is 7.81. The molecule has 0 aliphatic carbocycles. The maximum atomic E-state index is 12.1. The minimum atomic E-state index is -3.73. The normalized spacial score (nSPS) is 13.8. The molecule has 1 atom stereocenters. The van der Waals surface area contributed by atoms with E-state index < -0.39 is 27.6 Å². The van der Waals surface area contributed by atoms with E-state index in [1.165, 1.54) is 13.0 Å².